The first-order valence-electron chi connectivity index (χ1n) is 10.3. The van der Waals surface area contributed by atoms with Gasteiger partial charge in [-0.3, -0.25) is 4.79 Å². The third-order valence-electron chi connectivity index (χ3n) is 5.65. The van der Waals surface area contributed by atoms with E-state index in [1.54, 1.807) is 6.92 Å². The monoisotopic (exact) mass is 463 g/mol. The molecule has 3 N–H and O–H groups in total. The second-order valence-corrected chi connectivity index (χ2v) is 8.50. The van der Waals surface area contributed by atoms with Crippen LogP contribution in [0.25, 0.3) is 0 Å². The van der Waals surface area contributed by atoms with Crippen LogP contribution in [0.2, 0.25) is 0 Å². The van der Waals surface area contributed by atoms with Crippen LogP contribution in [0.1, 0.15) is 30.6 Å². The van der Waals surface area contributed by atoms with E-state index in [1.165, 1.54) is 17.0 Å². The molecular weight excluding hydrogens is 440 g/mol. The number of alkyl halides is 1. The third-order valence-corrected chi connectivity index (χ3v) is 6.21. The Balaban J connectivity index is 1.53. The predicted molar refractivity (Wildman–Crippen MR) is 119 cm³/mol. The molecule has 3 aliphatic rings. The molecule has 1 aromatic carbocycles. The van der Waals surface area contributed by atoms with Gasteiger partial charge in [0, 0.05) is 29.9 Å². The number of halogens is 3. The molecule has 1 amide bonds. The van der Waals surface area contributed by atoms with Gasteiger partial charge in [0.2, 0.25) is 0 Å². The van der Waals surface area contributed by atoms with Crippen LogP contribution in [0, 0.1) is 11.2 Å². The molecule has 3 heterocycles. The fourth-order valence-electron chi connectivity index (χ4n) is 3.93. The predicted octanol–water partition coefficient (Wildman–Crippen LogP) is 3.13. The van der Waals surface area contributed by atoms with Gasteiger partial charge in [-0.25, -0.2) is 13.8 Å². The minimum Gasteiger partial charge on any atom is -0.491 e. The van der Waals surface area contributed by atoms with Crippen LogP contribution < -0.4 is 15.4 Å². The maximum Gasteiger partial charge on any atom is 0.258 e. The summed E-state index contributed by atoms with van der Waals surface area (Å²) in [6.07, 6.45) is -0.628. The van der Waals surface area contributed by atoms with E-state index in [2.05, 4.69) is 15.6 Å². The van der Waals surface area contributed by atoms with Gasteiger partial charge in [0.05, 0.1) is 35.1 Å². The zero-order valence-electron chi connectivity index (χ0n) is 17.8. The van der Waals surface area contributed by atoms with Gasteiger partial charge in [0.25, 0.3) is 5.91 Å². The number of amides is 1. The van der Waals surface area contributed by atoms with Crippen molar-refractivity contribution in [1.82, 2.24) is 15.5 Å². The normalized spacial score (nSPS) is 25.8. The number of nitrogens with zero attached hydrogens (tertiary/aromatic N) is 2. The Hall–Kier alpha value is -2.78. The molecule has 0 bridgehead atoms. The number of benzene rings is 1. The summed E-state index contributed by atoms with van der Waals surface area (Å²) in [5.74, 6) is -0.327. The van der Waals surface area contributed by atoms with Crippen molar-refractivity contribution in [1.29, 1.82) is 5.41 Å². The van der Waals surface area contributed by atoms with Crippen LogP contribution in [-0.4, -0.2) is 60.7 Å². The summed E-state index contributed by atoms with van der Waals surface area (Å²) in [5.41, 5.74) is 2.40. The first-order chi connectivity index (χ1) is 15.2. The van der Waals surface area contributed by atoms with E-state index < -0.39 is 12.0 Å². The van der Waals surface area contributed by atoms with Crippen molar-refractivity contribution in [3.8, 4) is 5.75 Å². The third kappa shape index (κ3) is 4.54. The average molecular weight is 464 g/mol. The molecular formula is C22H24ClF2N5O2. The fourth-order valence-corrected chi connectivity index (χ4v) is 4.02. The minimum absolute atomic E-state index is 0.0922. The van der Waals surface area contributed by atoms with Crippen LogP contribution in [-0.2, 0) is 0 Å². The number of carbonyl (C=O) groups excluding carboxylic acids is 1. The van der Waals surface area contributed by atoms with Crippen molar-refractivity contribution in [2.45, 2.75) is 32.5 Å². The van der Waals surface area contributed by atoms with Crippen molar-refractivity contribution in [3.05, 3.63) is 51.7 Å². The van der Waals surface area contributed by atoms with Crippen LogP contribution in [0.3, 0.4) is 0 Å². The van der Waals surface area contributed by atoms with Gasteiger partial charge in [-0.1, -0.05) is 11.6 Å². The standard InChI is InChI=1S/C22H24ClF2N5O2/c1-11-20(23)12(2)29-21(28-11)17-8-30(9-18(17)26)22(31)16-4-3-13(24)6-19(16)32-10-15-5-14(25)7-27-15/h3-4,6,14-15,26-28H,5,7-10H2,1-2H3/b21-17+,26-18?/t14-,15?/m0/s1. The van der Waals surface area contributed by atoms with E-state index in [0.29, 0.717) is 28.6 Å². The highest BCUT2D eigenvalue weighted by Gasteiger charge is 2.32. The lowest BCUT2D eigenvalue weighted by Crippen LogP contribution is -2.31. The molecule has 170 valence electrons. The van der Waals surface area contributed by atoms with Gasteiger partial charge < -0.3 is 25.7 Å². The van der Waals surface area contributed by atoms with Crippen LogP contribution in [0.5, 0.6) is 5.75 Å². The largest absolute Gasteiger partial charge is 0.491 e. The second-order valence-electron chi connectivity index (χ2n) is 8.12. The Bertz CT molecular complexity index is 1070. The smallest absolute Gasteiger partial charge is 0.258 e. The van der Waals surface area contributed by atoms with Crippen LogP contribution in [0.4, 0.5) is 8.78 Å². The summed E-state index contributed by atoms with van der Waals surface area (Å²) < 4.78 is 33.0. The van der Waals surface area contributed by atoms with Gasteiger partial charge >= 0.3 is 0 Å². The highest BCUT2D eigenvalue weighted by Crippen LogP contribution is 2.27. The molecule has 0 saturated carbocycles. The van der Waals surface area contributed by atoms with E-state index >= 15 is 0 Å². The Morgan fingerprint density at radius 2 is 2.16 bits per heavy atom. The number of likely N-dealkylation sites (tertiary alicyclic amines) is 1. The first kappa shape index (κ1) is 22.4. The van der Waals surface area contributed by atoms with Crippen molar-refractivity contribution in [2.24, 2.45) is 4.99 Å². The topological polar surface area (TPSA) is 89.8 Å². The molecule has 1 aromatic rings. The minimum atomic E-state index is -0.938. The van der Waals surface area contributed by atoms with Gasteiger partial charge in [-0.15, -0.1) is 0 Å². The quantitative estimate of drug-likeness (QED) is 0.640. The number of ether oxygens (including phenoxy) is 1. The average Bonchev–Trinajstić information content (AvgIpc) is 3.35. The van der Waals surface area contributed by atoms with Crippen LogP contribution in [0.15, 0.2) is 45.3 Å². The molecule has 3 aliphatic heterocycles. The lowest BCUT2D eigenvalue weighted by atomic mass is 10.1. The highest BCUT2D eigenvalue weighted by atomic mass is 35.5. The second kappa shape index (κ2) is 8.99. The number of carbonyl (C=O) groups is 1. The molecule has 7 nitrogen and oxygen atoms in total. The zero-order chi connectivity index (χ0) is 23.0. The van der Waals surface area contributed by atoms with Crippen molar-refractivity contribution >= 4 is 28.9 Å². The van der Waals surface area contributed by atoms with Crippen molar-refractivity contribution in [2.75, 3.05) is 26.2 Å². The fraction of sp³-hybridized carbons (Fsp3) is 0.409. The summed E-state index contributed by atoms with van der Waals surface area (Å²) in [6, 6.07) is 3.52. The summed E-state index contributed by atoms with van der Waals surface area (Å²) >= 11 is 6.18. The van der Waals surface area contributed by atoms with Crippen molar-refractivity contribution < 1.29 is 18.3 Å². The maximum absolute atomic E-state index is 13.9. The Morgan fingerprint density at radius 1 is 1.38 bits per heavy atom. The van der Waals surface area contributed by atoms with E-state index in [9.17, 15) is 13.6 Å². The number of allylic oxidation sites excluding steroid dienone is 2. The molecule has 10 heteroatoms. The molecule has 0 aromatic heterocycles. The molecule has 0 radical (unpaired) electrons. The van der Waals surface area contributed by atoms with E-state index in [1.807, 2.05) is 6.92 Å². The molecule has 0 spiro atoms. The summed E-state index contributed by atoms with van der Waals surface area (Å²) in [6.45, 7) is 4.24. The first-order valence-corrected chi connectivity index (χ1v) is 10.7. The molecule has 0 aliphatic carbocycles. The molecule has 32 heavy (non-hydrogen) atoms. The van der Waals surface area contributed by atoms with Crippen molar-refractivity contribution in [3.63, 3.8) is 0 Å². The van der Waals surface area contributed by atoms with Gasteiger partial charge in [0.15, 0.2) is 0 Å². The summed E-state index contributed by atoms with van der Waals surface area (Å²) in [4.78, 5) is 19.1. The van der Waals surface area contributed by atoms with E-state index in [4.69, 9.17) is 21.7 Å². The number of nitrogens with one attached hydrogen (secondary N) is 3. The number of rotatable bonds is 4. The number of aliphatic imine (C=N–C) groups is 1. The summed E-state index contributed by atoms with van der Waals surface area (Å²) in [7, 11) is 0. The molecule has 4 rings (SSSR count). The Kier molecular flexibility index (Phi) is 6.30. The van der Waals surface area contributed by atoms with E-state index in [-0.39, 0.29) is 55.2 Å². The number of hydrogen-bond donors (Lipinski definition) is 3. The Morgan fingerprint density at radius 3 is 2.84 bits per heavy atom. The highest BCUT2D eigenvalue weighted by molar-refractivity contribution is 6.43. The molecule has 2 saturated heterocycles. The maximum atomic E-state index is 13.9. The van der Waals surface area contributed by atoms with E-state index in [0.717, 1.165) is 11.8 Å². The zero-order valence-corrected chi connectivity index (χ0v) is 18.5. The lowest BCUT2D eigenvalue weighted by molar-refractivity contribution is 0.0799. The van der Waals surface area contributed by atoms with Gasteiger partial charge in [0.1, 0.15) is 30.2 Å². The van der Waals surface area contributed by atoms with Crippen LogP contribution >= 0.6 is 11.6 Å². The van der Waals surface area contributed by atoms with Gasteiger partial charge in [-0.2, -0.15) is 0 Å². The Labute approximate surface area is 189 Å². The lowest BCUT2D eigenvalue weighted by Gasteiger charge is -2.20. The molecule has 2 atom stereocenters. The number of hydrogen-bond acceptors (Lipinski definition) is 6. The summed E-state index contributed by atoms with van der Waals surface area (Å²) in [5, 5.41) is 15.0. The SMILES string of the molecule is CC1=N/C(=C2\CN(C(=O)c3ccc(F)cc3OCC3C[C@H](F)CN3)CC2=N)NC(C)=C1Cl. The molecule has 2 fully saturated rings. The molecule has 1 unspecified atom stereocenters. The van der Waals surface area contributed by atoms with Gasteiger partial charge in [-0.05, 0) is 32.4 Å².